The molecule has 0 saturated heterocycles. The zero-order chi connectivity index (χ0) is 18.4. The largest absolute Gasteiger partial charge is 0.453 e. The van der Waals surface area contributed by atoms with Crippen molar-refractivity contribution in [3.63, 3.8) is 0 Å². The molecule has 0 amide bonds. The molecule has 0 aliphatic carbocycles. The Morgan fingerprint density at radius 3 is 2.52 bits per heavy atom. The van der Waals surface area contributed by atoms with Gasteiger partial charge in [-0.3, -0.25) is 0 Å². The van der Waals surface area contributed by atoms with Gasteiger partial charge in [-0.15, -0.1) is 15.3 Å². The van der Waals surface area contributed by atoms with E-state index in [9.17, 15) is 13.2 Å². The molecule has 1 atom stereocenters. The number of nitrogens with zero attached hydrogens (tertiary/aromatic N) is 4. The maximum Gasteiger partial charge on any atom is 0.453 e. The molecule has 1 N–H and O–H groups in total. The molecule has 0 spiro atoms. The Labute approximate surface area is 146 Å². The minimum atomic E-state index is -4.63. The Kier molecular flexibility index (Phi) is 4.32. The fraction of sp³-hybridized carbons (Fsp3) is 0.312. The molecule has 5 nitrogen and oxygen atoms in total. The summed E-state index contributed by atoms with van der Waals surface area (Å²) >= 11 is 5.99. The Morgan fingerprint density at radius 2 is 1.88 bits per heavy atom. The van der Waals surface area contributed by atoms with Gasteiger partial charge < -0.3 is 5.32 Å². The molecule has 0 fully saturated rings. The number of rotatable bonds is 3. The van der Waals surface area contributed by atoms with Crippen LogP contribution in [0.4, 0.5) is 19.0 Å². The third-order valence-electron chi connectivity index (χ3n) is 4.05. The predicted octanol–water partition coefficient (Wildman–Crippen LogP) is 4.59. The summed E-state index contributed by atoms with van der Waals surface area (Å²) in [6.45, 7) is 5.34. The lowest BCUT2D eigenvalue weighted by Gasteiger charge is -2.18. The maximum atomic E-state index is 13.1. The smallest absolute Gasteiger partial charge is 0.362 e. The summed E-state index contributed by atoms with van der Waals surface area (Å²) in [6, 6.07) is 7.04. The topological polar surface area (TPSA) is 55.1 Å². The first-order valence-electron chi connectivity index (χ1n) is 7.50. The second-order valence-electron chi connectivity index (χ2n) is 5.78. The summed E-state index contributed by atoms with van der Waals surface area (Å²) in [5, 5.41) is 14.7. The fourth-order valence-electron chi connectivity index (χ4n) is 2.51. The van der Waals surface area contributed by atoms with Crippen LogP contribution in [0.5, 0.6) is 0 Å². The molecule has 9 heteroatoms. The van der Waals surface area contributed by atoms with Gasteiger partial charge in [-0.25, -0.2) is 0 Å². The summed E-state index contributed by atoms with van der Waals surface area (Å²) in [7, 11) is 0. The van der Waals surface area contributed by atoms with Gasteiger partial charge in [0.05, 0.1) is 6.04 Å². The average Bonchev–Trinajstić information content (AvgIpc) is 2.96. The highest BCUT2D eigenvalue weighted by atomic mass is 35.5. The van der Waals surface area contributed by atoms with Gasteiger partial charge in [0.2, 0.25) is 0 Å². The van der Waals surface area contributed by atoms with Crippen LogP contribution >= 0.6 is 11.6 Å². The first-order valence-corrected chi connectivity index (χ1v) is 7.88. The van der Waals surface area contributed by atoms with Gasteiger partial charge in [-0.05, 0) is 44.0 Å². The fourth-order valence-corrected chi connectivity index (χ4v) is 2.71. The lowest BCUT2D eigenvalue weighted by molar-refractivity contribution is -0.146. The van der Waals surface area contributed by atoms with Crippen LogP contribution in [0.1, 0.15) is 35.5 Å². The molecule has 1 unspecified atom stereocenters. The quantitative estimate of drug-likeness (QED) is 0.733. The van der Waals surface area contributed by atoms with E-state index in [1.165, 1.54) is 0 Å². The van der Waals surface area contributed by atoms with E-state index >= 15 is 0 Å². The molecule has 0 saturated carbocycles. The van der Waals surface area contributed by atoms with Gasteiger partial charge in [0.1, 0.15) is 0 Å². The average molecular weight is 370 g/mol. The highest BCUT2D eigenvalue weighted by Crippen LogP contribution is 2.30. The van der Waals surface area contributed by atoms with Crippen molar-refractivity contribution in [2.45, 2.75) is 33.0 Å². The molecule has 132 valence electrons. The highest BCUT2D eigenvalue weighted by Gasteiger charge is 2.38. The predicted molar refractivity (Wildman–Crippen MR) is 88.7 cm³/mol. The number of hydrogen-bond donors (Lipinski definition) is 1. The van der Waals surface area contributed by atoms with Gasteiger partial charge in [0.15, 0.2) is 11.5 Å². The van der Waals surface area contributed by atoms with E-state index in [0.717, 1.165) is 10.1 Å². The molecule has 0 bridgehead atoms. The Bertz CT molecular complexity index is 935. The molecule has 2 heterocycles. The molecule has 0 aliphatic rings. The van der Waals surface area contributed by atoms with E-state index in [2.05, 4.69) is 20.6 Å². The van der Waals surface area contributed by atoms with Crippen molar-refractivity contribution in [1.82, 2.24) is 19.8 Å². The van der Waals surface area contributed by atoms with E-state index in [1.807, 2.05) is 19.1 Å². The number of benzene rings is 1. The summed E-state index contributed by atoms with van der Waals surface area (Å²) < 4.78 is 40.0. The van der Waals surface area contributed by atoms with Gasteiger partial charge >= 0.3 is 6.18 Å². The van der Waals surface area contributed by atoms with Crippen LogP contribution in [0.2, 0.25) is 5.02 Å². The first-order chi connectivity index (χ1) is 11.7. The van der Waals surface area contributed by atoms with E-state index < -0.39 is 12.0 Å². The molecule has 3 rings (SSSR count). The van der Waals surface area contributed by atoms with E-state index in [0.29, 0.717) is 22.0 Å². The number of halogens is 4. The summed E-state index contributed by atoms with van der Waals surface area (Å²) in [5.74, 6) is -0.813. The van der Waals surface area contributed by atoms with Crippen LogP contribution in [-0.2, 0) is 6.18 Å². The Hall–Kier alpha value is -2.35. The van der Waals surface area contributed by atoms with E-state index in [-0.39, 0.29) is 11.7 Å². The number of fused-ring (bicyclic) bond motifs is 1. The van der Waals surface area contributed by atoms with Crippen LogP contribution in [0.25, 0.3) is 5.65 Å². The second-order valence-corrected chi connectivity index (χ2v) is 6.21. The van der Waals surface area contributed by atoms with Crippen LogP contribution in [-0.4, -0.2) is 19.8 Å². The molecular formula is C16H15ClF3N5. The molecule has 0 aliphatic heterocycles. The SMILES string of the molecule is Cc1c(NC(C)c2cccc(Cl)c2)nn2c(C(F)(F)F)nnc2c1C. The van der Waals surface area contributed by atoms with E-state index in [4.69, 9.17) is 11.6 Å². The lowest BCUT2D eigenvalue weighted by Crippen LogP contribution is -2.16. The van der Waals surface area contributed by atoms with Crippen molar-refractivity contribution in [2.24, 2.45) is 0 Å². The van der Waals surface area contributed by atoms with Crippen molar-refractivity contribution < 1.29 is 13.2 Å². The molecule has 25 heavy (non-hydrogen) atoms. The Balaban J connectivity index is 2.05. The molecule has 1 aromatic carbocycles. The van der Waals surface area contributed by atoms with Gasteiger partial charge in [-0.2, -0.15) is 17.7 Å². The second kappa shape index (κ2) is 6.18. The number of aromatic nitrogens is 4. The number of aryl methyl sites for hydroxylation is 1. The number of alkyl halides is 3. The molecular weight excluding hydrogens is 355 g/mol. The molecule has 2 aromatic heterocycles. The van der Waals surface area contributed by atoms with Crippen LogP contribution in [0.15, 0.2) is 24.3 Å². The van der Waals surface area contributed by atoms with Crippen molar-refractivity contribution >= 4 is 23.1 Å². The third-order valence-corrected chi connectivity index (χ3v) is 4.28. The normalized spacial score (nSPS) is 13.2. The minimum absolute atomic E-state index is 0.0887. The number of hydrogen-bond acceptors (Lipinski definition) is 4. The molecule has 3 aromatic rings. The lowest BCUT2D eigenvalue weighted by atomic mass is 10.1. The minimum Gasteiger partial charge on any atom is -0.362 e. The standard InChI is InChI=1S/C16H15ClF3N5/c1-8-9(2)14-22-23-15(16(18,19)20)25(14)24-13(8)21-10(3)11-5-4-6-12(17)7-11/h4-7,10H,1-3H3,(H,21,24). The van der Waals surface area contributed by atoms with Crippen LogP contribution < -0.4 is 5.32 Å². The highest BCUT2D eigenvalue weighted by molar-refractivity contribution is 6.30. The van der Waals surface area contributed by atoms with Crippen molar-refractivity contribution in [1.29, 1.82) is 0 Å². The first kappa shape index (κ1) is 17.5. The third kappa shape index (κ3) is 3.26. The van der Waals surface area contributed by atoms with E-state index in [1.54, 1.807) is 26.0 Å². The van der Waals surface area contributed by atoms with Crippen molar-refractivity contribution in [3.8, 4) is 0 Å². The maximum absolute atomic E-state index is 13.1. The van der Waals surface area contributed by atoms with Gasteiger partial charge in [0.25, 0.3) is 5.82 Å². The Morgan fingerprint density at radius 1 is 1.16 bits per heavy atom. The van der Waals surface area contributed by atoms with Gasteiger partial charge in [-0.1, -0.05) is 23.7 Å². The molecule has 0 radical (unpaired) electrons. The van der Waals surface area contributed by atoms with Crippen LogP contribution in [0, 0.1) is 13.8 Å². The van der Waals surface area contributed by atoms with Crippen molar-refractivity contribution in [3.05, 3.63) is 51.8 Å². The number of anilines is 1. The monoisotopic (exact) mass is 369 g/mol. The zero-order valence-electron chi connectivity index (χ0n) is 13.7. The van der Waals surface area contributed by atoms with Crippen LogP contribution in [0.3, 0.4) is 0 Å². The van der Waals surface area contributed by atoms with Crippen molar-refractivity contribution in [2.75, 3.05) is 5.32 Å². The van der Waals surface area contributed by atoms with Gasteiger partial charge in [0, 0.05) is 10.6 Å². The summed E-state index contributed by atoms with van der Waals surface area (Å²) in [4.78, 5) is 0. The zero-order valence-corrected chi connectivity index (χ0v) is 14.4. The summed E-state index contributed by atoms with van der Waals surface area (Å²) in [5.41, 5.74) is 2.28. The summed E-state index contributed by atoms with van der Waals surface area (Å²) in [6.07, 6.45) is -4.63. The number of nitrogens with one attached hydrogen (secondary N) is 1.